The van der Waals surface area contributed by atoms with Crippen LogP contribution >= 0.6 is 0 Å². The van der Waals surface area contributed by atoms with Crippen LogP contribution in [-0.2, 0) is 19.7 Å². The minimum atomic E-state index is -0.293. The van der Waals surface area contributed by atoms with Crippen molar-refractivity contribution in [1.29, 1.82) is 0 Å². The van der Waals surface area contributed by atoms with E-state index >= 15 is 0 Å². The van der Waals surface area contributed by atoms with E-state index in [2.05, 4.69) is 22.7 Å². The molecule has 0 aliphatic carbocycles. The Morgan fingerprint density at radius 1 is 1.33 bits per heavy atom. The third-order valence-corrected chi connectivity index (χ3v) is 3.07. The Kier molecular flexibility index (Phi) is 5.34. The fourth-order valence-electron chi connectivity index (χ4n) is 2.01. The van der Waals surface area contributed by atoms with Gasteiger partial charge in [0.05, 0.1) is 18.5 Å². The summed E-state index contributed by atoms with van der Waals surface area (Å²) in [4.78, 5) is 11.8. The minimum Gasteiger partial charge on any atom is -0.392 e. The van der Waals surface area contributed by atoms with Crippen LogP contribution in [0.5, 0.6) is 0 Å². The molecule has 0 saturated heterocycles. The number of rotatable bonds is 6. The highest BCUT2D eigenvalue weighted by Gasteiger charge is 2.05. The molecule has 0 unspecified atom stereocenters. The first-order valence-electron chi connectivity index (χ1n) is 6.98. The maximum absolute atomic E-state index is 11.8. The molecule has 2 rings (SSSR count). The normalized spacial score (nSPS) is 10.4. The third kappa shape index (κ3) is 4.32. The molecule has 3 N–H and O–H groups in total. The van der Waals surface area contributed by atoms with Gasteiger partial charge in [-0.05, 0) is 17.5 Å². The summed E-state index contributed by atoms with van der Waals surface area (Å²) in [5, 5.41) is 18.9. The molecule has 0 aliphatic heterocycles. The van der Waals surface area contributed by atoms with E-state index in [1.54, 1.807) is 17.1 Å². The Morgan fingerprint density at radius 3 is 2.81 bits per heavy atom. The lowest BCUT2D eigenvalue weighted by Crippen LogP contribution is -2.28. The number of hydrogen-bond acceptors (Lipinski definition) is 3. The number of aliphatic hydroxyl groups excluding tert-OH is 1. The van der Waals surface area contributed by atoms with E-state index in [0.717, 1.165) is 24.1 Å². The van der Waals surface area contributed by atoms with Crippen molar-refractivity contribution in [3.05, 3.63) is 47.8 Å². The number of nitrogens with one attached hydrogen (secondary N) is 2. The number of nitrogens with zero attached hydrogens (tertiary/aromatic N) is 2. The quantitative estimate of drug-likeness (QED) is 0.761. The van der Waals surface area contributed by atoms with Gasteiger partial charge in [0.2, 0.25) is 0 Å². The van der Waals surface area contributed by atoms with Gasteiger partial charge in [-0.3, -0.25) is 4.68 Å². The van der Waals surface area contributed by atoms with Crippen LogP contribution in [0.4, 0.5) is 10.5 Å². The number of aryl methyl sites for hydroxylation is 1. The van der Waals surface area contributed by atoms with Crippen molar-refractivity contribution in [2.75, 3.05) is 5.32 Å². The Morgan fingerprint density at radius 2 is 2.10 bits per heavy atom. The maximum atomic E-state index is 11.8. The van der Waals surface area contributed by atoms with Crippen LogP contribution in [0.2, 0.25) is 0 Å². The van der Waals surface area contributed by atoms with Gasteiger partial charge in [-0.1, -0.05) is 31.2 Å². The van der Waals surface area contributed by atoms with E-state index in [0.29, 0.717) is 12.2 Å². The van der Waals surface area contributed by atoms with Gasteiger partial charge in [0.15, 0.2) is 0 Å². The second-order valence-corrected chi connectivity index (χ2v) is 4.73. The van der Waals surface area contributed by atoms with E-state index in [-0.39, 0.29) is 12.6 Å². The highest BCUT2D eigenvalue weighted by atomic mass is 16.3. The predicted molar refractivity (Wildman–Crippen MR) is 80.7 cm³/mol. The second-order valence-electron chi connectivity index (χ2n) is 4.73. The zero-order valence-electron chi connectivity index (χ0n) is 12.0. The van der Waals surface area contributed by atoms with Crippen LogP contribution in [0.1, 0.15) is 24.5 Å². The second kappa shape index (κ2) is 7.44. The number of anilines is 1. The lowest BCUT2D eigenvalue weighted by Gasteiger charge is -2.09. The van der Waals surface area contributed by atoms with Crippen LogP contribution in [-0.4, -0.2) is 20.9 Å². The summed E-state index contributed by atoms with van der Waals surface area (Å²) in [5.74, 6) is 0. The molecule has 2 amide bonds. The topological polar surface area (TPSA) is 79.2 Å². The van der Waals surface area contributed by atoms with Gasteiger partial charge in [0.1, 0.15) is 0 Å². The lowest BCUT2D eigenvalue weighted by atomic mass is 10.1. The molecular formula is C15H20N4O2. The summed E-state index contributed by atoms with van der Waals surface area (Å²) in [6.07, 6.45) is 4.41. The molecule has 0 saturated carbocycles. The first-order chi connectivity index (χ1) is 10.2. The predicted octanol–water partition coefficient (Wildman–Crippen LogP) is 2.11. The molecule has 2 aromatic rings. The largest absolute Gasteiger partial charge is 0.392 e. The molecule has 0 atom stereocenters. The summed E-state index contributed by atoms with van der Waals surface area (Å²) < 4.78 is 1.79. The fraction of sp³-hybridized carbons (Fsp3) is 0.333. The number of benzene rings is 1. The zero-order valence-corrected chi connectivity index (χ0v) is 12.0. The van der Waals surface area contributed by atoms with Gasteiger partial charge >= 0.3 is 6.03 Å². The number of carbonyl (C=O) groups is 1. The Hall–Kier alpha value is -2.34. The van der Waals surface area contributed by atoms with Gasteiger partial charge in [-0.15, -0.1) is 0 Å². The molecule has 21 heavy (non-hydrogen) atoms. The minimum absolute atomic E-state index is 0.0384. The highest BCUT2D eigenvalue weighted by Crippen LogP contribution is 2.09. The van der Waals surface area contributed by atoms with Crippen molar-refractivity contribution in [2.45, 2.75) is 33.0 Å². The van der Waals surface area contributed by atoms with Crippen molar-refractivity contribution in [3.8, 4) is 0 Å². The average Bonchev–Trinajstić information content (AvgIpc) is 2.93. The fourth-order valence-corrected chi connectivity index (χ4v) is 2.01. The van der Waals surface area contributed by atoms with Crippen molar-refractivity contribution in [2.24, 2.45) is 0 Å². The van der Waals surface area contributed by atoms with E-state index < -0.39 is 0 Å². The Labute approximate surface area is 123 Å². The van der Waals surface area contributed by atoms with Crippen LogP contribution in [0.25, 0.3) is 0 Å². The summed E-state index contributed by atoms with van der Waals surface area (Å²) in [5.41, 5.74) is 2.38. The molecule has 1 aromatic carbocycles. The lowest BCUT2D eigenvalue weighted by molar-refractivity contribution is 0.251. The maximum Gasteiger partial charge on any atom is 0.319 e. The third-order valence-electron chi connectivity index (χ3n) is 3.07. The number of carbonyl (C=O) groups excluding carboxylic acids is 1. The standard InChI is InChI=1S/C15H20N4O2/c1-2-7-19-10-14(9-17-19)18-15(21)16-8-12-5-3-4-6-13(12)11-20/h3-6,9-10,20H,2,7-8,11H2,1H3,(H2,16,18,21). The summed E-state index contributed by atoms with van der Waals surface area (Å²) in [6.45, 7) is 3.22. The summed E-state index contributed by atoms with van der Waals surface area (Å²) >= 11 is 0. The summed E-state index contributed by atoms with van der Waals surface area (Å²) in [6, 6.07) is 7.16. The SMILES string of the molecule is CCCn1cc(NC(=O)NCc2ccccc2CO)cn1. The zero-order chi connectivity index (χ0) is 15.1. The molecule has 0 bridgehead atoms. The van der Waals surface area contributed by atoms with E-state index in [9.17, 15) is 9.90 Å². The molecule has 112 valence electrons. The number of amides is 2. The van der Waals surface area contributed by atoms with Crippen LogP contribution in [0.3, 0.4) is 0 Å². The van der Waals surface area contributed by atoms with Crippen molar-refractivity contribution < 1.29 is 9.90 Å². The van der Waals surface area contributed by atoms with Gasteiger partial charge in [-0.25, -0.2) is 4.79 Å². The molecule has 0 spiro atoms. The molecule has 6 nitrogen and oxygen atoms in total. The number of hydrogen-bond donors (Lipinski definition) is 3. The van der Waals surface area contributed by atoms with Crippen LogP contribution < -0.4 is 10.6 Å². The average molecular weight is 288 g/mol. The number of aromatic nitrogens is 2. The van der Waals surface area contributed by atoms with E-state index in [4.69, 9.17) is 0 Å². The highest BCUT2D eigenvalue weighted by molar-refractivity contribution is 5.88. The molecule has 1 heterocycles. The van der Waals surface area contributed by atoms with Gasteiger partial charge in [0.25, 0.3) is 0 Å². The van der Waals surface area contributed by atoms with E-state index in [1.165, 1.54) is 0 Å². The molecule has 0 radical (unpaired) electrons. The van der Waals surface area contributed by atoms with Gasteiger partial charge in [0, 0.05) is 19.3 Å². The van der Waals surface area contributed by atoms with Crippen molar-refractivity contribution in [1.82, 2.24) is 15.1 Å². The van der Waals surface area contributed by atoms with Crippen molar-refractivity contribution in [3.63, 3.8) is 0 Å². The van der Waals surface area contributed by atoms with Crippen LogP contribution in [0, 0.1) is 0 Å². The first kappa shape index (κ1) is 15.1. The first-order valence-corrected chi connectivity index (χ1v) is 6.98. The smallest absolute Gasteiger partial charge is 0.319 e. The number of aliphatic hydroxyl groups is 1. The monoisotopic (exact) mass is 288 g/mol. The van der Waals surface area contributed by atoms with Gasteiger partial charge < -0.3 is 15.7 Å². The Balaban J connectivity index is 1.86. The molecular weight excluding hydrogens is 268 g/mol. The Bertz CT molecular complexity index is 595. The number of urea groups is 1. The van der Waals surface area contributed by atoms with Gasteiger partial charge in [-0.2, -0.15) is 5.10 Å². The van der Waals surface area contributed by atoms with Crippen molar-refractivity contribution >= 4 is 11.7 Å². The molecule has 0 aliphatic rings. The van der Waals surface area contributed by atoms with E-state index in [1.807, 2.05) is 24.3 Å². The summed E-state index contributed by atoms with van der Waals surface area (Å²) in [7, 11) is 0. The van der Waals surface area contributed by atoms with Crippen LogP contribution in [0.15, 0.2) is 36.7 Å². The molecule has 1 aromatic heterocycles. The molecule has 6 heteroatoms. The molecule has 0 fully saturated rings.